The van der Waals surface area contributed by atoms with Crippen molar-refractivity contribution in [1.82, 2.24) is 5.32 Å². The Balaban J connectivity index is 1.49. The number of hydrogen-bond donors (Lipinski definition) is 1. The third kappa shape index (κ3) is 4.31. The molecule has 0 aliphatic rings. The molecule has 0 aliphatic heterocycles. The Kier molecular flexibility index (Phi) is 5.93. The van der Waals surface area contributed by atoms with Gasteiger partial charge >= 0.3 is 5.97 Å². The van der Waals surface area contributed by atoms with Crippen molar-refractivity contribution >= 4 is 22.8 Å². The first-order valence-corrected chi connectivity index (χ1v) is 8.74. The van der Waals surface area contributed by atoms with Crippen molar-refractivity contribution < 1.29 is 27.9 Å². The number of fused-ring (bicyclic) bond motifs is 1. The summed E-state index contributed by atoms with van der Waals surface area (Å²) in [5.74, 6) is -1.14. The Morgan fingerprint density at radius 3 is 2.57 bits per heavy atom. The zero-order chi connectivity index (χ0) is 20.1. The van der Waals surface area contributed by atoms with Crippen LogP contribution < -0.4 is 10.1 Å². The molecule has 0 saturated carbocycles. The van der Waals surface area contributed by atoms with Gasteiger partial charge in [0.15, 0.2) is 18.0 Å². The van der Waals surface area contributed by atoms with Crippen molar-refractivity contribution in [1.29, 1.82) is 0 Å². The predicted octanol–water partition coefficient (Wildman–Crippen LogP) is 3.40. The van der Waals surface area contributed by atoms with Gasteiger partial charge in [0.05, 0.1) is 7.11 Å². The molecule has 0 bridgehead atoms. The average molecular weight is 385 g/mol. The van der Waals surface area contributed by atoms with Gasteiger partial charge in [0.1, 0.15) is 5.75 Å². The number of para-hydroxylation sites is 1. The number of esters is 1. The zero-order valence-electron chi connectivity index (χ0n) is 15.6. The van der Waals surface area contributed by atoms with Crippen LogP contribution >= 0.6 is 0 Å². The van der Waals surface area contributed by atoms with E-state index in [1.54, 1.807) is 20.1 Å². The van der Waals surface area contributed by atoms with Crippen LogP contribution in [0, 0.1) is 12.7 Å². The van der Waals surface area contributed by atoms with Gasteiger partial charge in [0.25, 0.3) is 5.91 Å². The van der Waals surface area contributed by atoms with Gasteiger partial charge in [-0.3, -0.25) is 4.79 Å². The molecule has 0 unspecified atom stereocenters. The molecule has 3 rings (SSSR count). The number of aryl methyl sites for hydroxylation is 1. The fourth-order valence-corrected chi connectivity index (χ4v) is 2.79. The highest BCUT2D eigenvalue weighted by molar-refractivity contribution is 5.96. The lowest BCUT2D eigenvalue weighted by molar-refractivity contribution is -0.124. The molecule has 1 aromatic heterocycles. The Morgan fingerprint density at radius 2 is 1.89 bits per heavy atom. The molecule has 0 atom stereocenters. The number of methoxy groups -OCH3 is 1. The number of carbonyl (C=O) groups is 2. The van der Waals surface area contributed by atoms with E-state index in [0.29, 0.717) is 23.9 Å². The molecular weight excluding hydrogens is 365 g/mol. The van der Waals surface area contributed by atoms with Crippen LogP contribution in [-0.4, -0.2) is 32.1 Å². The Hall–Kier alpha value is -3.35. The summed E-state index contributed by atoms with van der Waals surface area (Å²) in [6, 6.07) is 11.9. The lowest BCUT2D eigenvalue weighted by Crippen LogP contribution is -2.30. The van der Waals surface area contributed by atoms with Crippen LogP contribution in [0.15, 0.2) is 46.9 Å². The second-order valence-corrected chi connectivity index (χ2v) is 6.20. The highest BCUT2D eigenvalue weighted by atomic mass is 19.1. The van der Waals surface area contributed by atoms with Crippen LogP contribution in [0.5, 0.6) is 5.75 Å². The minimum Gasteiger partial charge on any atom is -0.497 e. The van der Waals surface area contributed by atoms with E-state index in [0.717, 1.165) is 11.3 Å². The summed E-state index contributed by atoms with van der Waals surface area (Å²) in [7, 11) is 1.60. The number of ether oxygens (including phenoxy) is 2. The Bertz CT molecular complexity index is 994. The lowest BCUT2D eigenvalue weighted by atomic mass is 10.1. The van der Waals surface area contributed by atoms with Gasteiger partial charge in [-0.15, -0.1) is 0 Å². The molecule has 3 aromatic rings. The number of amides is 1. The topological polar surface area (TPSA) is 77.8 Å². The third-order valence-electron chi connectivity index (χ3n) is 4.33. The van der Waals surface area contributed by atoms with Gasteiger partial charge in [-0.05, 0) is 37.1 Å². The smallest absolute Gasteiger partial charge is 0.375 e. The summed E-state index contributed by atoms with van der Waals surface area (Å²) >= 11 is 0. The lowest BCUT2D eigenvalue weighted by Gasteiger charge is -2.07. The van der Waals surface area contributed by atoms with Gasteiger partial charge < -0.3 is 19.2 Å². The van der Waals surface area contributed by atoms with E-state index >= 15 is 0 Å². The van der Waals surface area contributed by atoms with Gasteiger partial charge in [-0.25, -0.2) is 9.18 Å². The van der Waals surface area contributed by atoms with Crippen LogP contribution in [0.2, 0.25) is 0 Å². The van der Waals surface area contributed by atoms with Crippen LogP contribution in [0.3, 0.4) is 0 Å². The number of furan rings is 1. The highest BCUT2D eigenvalue weighted by Crippen LogP contribution is 2.27. The first-order valence-electron chi connectivity index (χ1n) is 8.74. The molecule has 1 amide bonds. The molecule has 1 N–H and O–H groups in total. The van der Waals surface area contributed by atoms with Gasteiger partial charge in [-0.2, -0.15) is 0 Å². The van der Waals surface area contributed by atoms with E-state index in [2.05, 4.69) is 5.32 Å². The molecule has 6 nitrogen and oxygen atoms in total. The fraction of sp³-hybridized carbons (Fsp3) is 0.238. The minimum atomic E-state index is -0.807. The van der Waals surface area contributed by atoms with E-state index in [4.69, 9.17) is 13.9 Å². The summed E-state index contributed by atoms with van der Waals surface area (Å²) in [5, 5.41) is 3.18. The first kappa shape index (κ1) is 19.4. The number of hydrogen-bond acceptors (Lipinski definition) is 5. The Morgan fingerprint density at radius 1 is 1.14 bits per heavy atom. The second kappa shape index (κ2) is 8.56. The first-order chi connectivity index (χ1) is 13.5. The molecule has 0 aliphatic carbocycles. The quantitative estimate of drug-likeness (QED) is 0.631. The predicted molar refractivity (Wildman–Crippen MR) is 101 cm³/mol. The van der Waals surface area contributed by atoms with Crippen LogP contribution in [0.25, 0.3) is 11.0 Å². The molecule has 1 heterocycles. The summed E-state index contributed by atoms with van der Waals surface area (Å²) in [5.41, 5.74) is 1.51. The number of rotatable bonds is 7. The van der Waals surface area contributed by atoms with Gasteiger partial charge in [0, 0.05) is 17.5 Å². The largest absolute Gasteiger partial charge is 0.497 e. The Labute approximate surface area is 161 Å². The van der Waals surface area contributed by atoms with Crippen molar-refractivity contribution in [3.63, 3.8) is 0 Å². The van der Waals surface area contributed by atoms with Crippen molar-refractivity contribution in [2.45, 2.75) is 13.3 Å². The van der Waals surface area contributed by atoms with Crippen molar-refractivity contribution in [2.24, 2.45) is 0 Å². The van der Waals surface area contributed by atoms with Crippen molar-refractivity contribution in [3.8, 4) is 5.75 Å². The van der Waals surface area contributed by atoms with Crippen LogP contribution in [0.1, 0.15) is 21.7 Å². The van der Waals surface area contributed by atoms with E-state index < -0.39 is 24.3 Å². The van der Waals surface area contributed by atoms with Crippen LogP contribution in [-0.2, 0) is 16.0 Å². The fourth-order valence-electron chi connectivity index (χ4n) is 2.79. The van der Waals surface area contributed by atoms with E-state index in [-0.39, 0.29) is 11.3 Å². The number of halogens is 1. The zero-order valence-corrected chi connectivity index (χ0v) is 15.6. The summed E-state index contributed by atoms with van der Waals surface area (Å²) in [6.45, 7) is 1.59. The summed E-state index contributed by atoms with van der Waals surface area (Å²) in [4.78, 5) is 24.1. The van der Waals surface area contributed by atoms with Crippen molar-refractivity contribution in [3.05, 3.63) is 65.2 Å². The molecule has 2 aromatic carbocycles. The van der Waals surface area contributed by atoms with E-state index in [9.17, 15) is 14.0 Å². The molecule has 146 valence electrons. The van der Waals surface area contributed by atoms with E-state index in [1.165, 1.54) is 12.1 Å². The molecule has 0 fully saturated rings. The minimum absolute atomic E-state index is 0.00380. The normalized spacial score (nSPS) is 10.7. The number of benzene rings is 2. The average Bonchev–Trinajstić information content (AvgIpc) is 3.05. The molecule has 0 radical (unpaired) electrons. The third-order valence-corrected chi connectivity index (χ3v) is 4.33. The molecule has 28 heavy (non-hydrogen) atoms. The van der Waals surface area contributed by atoms with Gasteiger partial charge in [-0.1, -0.05) is 24.3 Å². The van der Waals surface area contributed by atoms with Crippen LogP contribution in [0.4, 0.5) is 4.39 Å². The summed E-state index contributed by atoms with van der Waals surface area (Å²) < 4.78 is 29.1. The number of carbonyl (C=O) groups excluding carboxylic acids is 2. The van der Waals surface area contributed by atoms with E-state index in [1.807, 2.05) is 24.3 Å². The molecule has 0 saturated heterocycles. The standard InChI is InChI=1S/C21H20FNO5/c1-13-16-4-3-5-17(22)20(16)28-19(13)21(25)27-12-18(24)23-11-10-14-6-8-15(26-2)9-7-14/h3-9H,10-12H2,1-2H3,(H,23,24). The molecule has 7 heteroatoms. The van der Waals surface area contributed by atoms with Crippen molar-refractivity contribution in [2.75, 3.05) is 20.3 Å². The summed E-state index contributed by atoms with van der Waals surface area (Å²) in [6.07, 6.45) is 0.631. The maximum absolute atomic E-state index is 13.8. The highest BCUT2D eigenvalue weighted by Gasteiger charge is 2.21. The molecular formula is C21H20FNO5. The molecule has 0 spiro atoms. The van der Waals surface area contributed by atoms with Gasteiger partial charge in [0.2, 0.25) is 5.76 Å². The number of nitrogens with one attached hydrogen (secondary N) is 1. The SMILES string of the molecule is COc1ccc(CCNC(=O)COC(=O)c2oc3c(F)cccc3c2C)cc1. The second-order valence-electron chi connectivity index (χ2n) is 6.20. The monoisotopic (exact) mass is 385 g/mol. The maximum Gasteiger partial charge on any atom is 0.375 e. The maximum atomic E-state index is 13.8.